The molecular formula is C26H29ClN4O4S. The van der Waals surface area contributed by atoms with Gasteiger partial charge < -0.3 is 4.74 Å². The standard InChI is InChI=1S/C26H28N4O4S.ClH/c1-2-18-3-8-21-22(17-18)35-26(27-21)29(12-11-28-13-15-34-16-14-28)25(33)19-4-6-20(7-5-19)30-23(31)9-10-24(30)32;/h3-8,17H,2,9-16H2,1H3;1H. The van der Waals surface area contributed by atoms with Crippen LogP contribution in [0.2, 0.25) is 0 Å². The predicted molar refractivity (Wildman–Crippen MR) is 143 cm³/mol. The Bertz CT molecular complexity index is 1240. The van der Waals surface area contributed by atoms with Gasteiger partial charge in [0, 0.05) is 44.6 Å². The van der Waals surface area contributed by atoms with Gasteiger partial charge in [-0.2, -0.15) is 0 Å². The van der Waals surface area contributed by atoms with Gasteiger partial charge in [-0.3, -0.25) is 29.1 Å². The molecule has 1 aromatic heterocycles. The van der Waals surface area contributed by atoms with Crippen LogP contribution in [0.3, 0.4) is 0 Å². The van der Waals surface area contributed by atoms with E-state index >= 15 is 0 Å². The zero-order valence-corrected chi connectivity index (χ0v) is 21.8. The highest BCUT2D eigenvalue weighted by molar-refractivity contribution is 7.22. The van der Waals surface area contributed by atoms with Crippen LogP contribution in [0.15, 0.2) is 42.5 Å². The summed E-state index contributed by atoms with van der Waals surface area (Å²) in [5, 5.41) is 0.667. The van der Waals surface area contributed by atoms with E-state index in [0.29, 0.717) is 36.1 Å². The lowest BCUT2D eigenvalue weighted by Crippen LogP contribution is -2.43. The van der Waals surface area contributed by atoms with Crippen LogP contribution in [-0.2, 0) is 20.7 Å². The fraction of sp³-hybridized carbons (Fsp3) is 0.385. The molecule has 36 heavy (non-hydrogen) atoms. The maximum atomic E-state index is 13.7. The van der Waals surface area contributed by atoms with E-state index < -0.39 is 0 Å². The van der Waals surface area contributed by atoms with Crippen molar-refractivity contribution in [3.8, 4) is 0 Å². The number of rotatable bonds is 7. The van der Waals surface area contributed by atoms with Crippen molar-refractivity contribution in [2.45, 2.75) is 26.2 Å². The molecule has 0 aliphatic carbocycles. The van der Waals surface area contributed by atoms with Crippen molar-refractivity contribution in [1.82, 2.24) is 9.88 Å². The summed E-state index contributed by atoms with van der Waals surface area (Å²) in [7, 11) is 0. The molecule has 0 saturated carbocycles. The Morgan fingerprint density at radius 3 is 2.42 bits per heavy atom. The van der Waals surface area contributed by atoms with Crippen molar-refractivity contribution in [1.29, 1.82) is 0 Å². The zero-order valence-electron chi connectivity index (χ0n) is 20.1. The third kappa shape index (κ3) is 5.44. The van der Waals surface area contributed by atoms with E-state index in [0.717, 1.165) is 36.3 Å². The molecule has 3 aromatic rings. The number of nitrogens with zero attached hydrogens (tertiary/aromatic N) is 4. The second-order valence-corrected chi connectivity index (χ2v) is 9.74. The summed E-state index contributed by atoms with van der Waals surface area (Å²) in [6.07, 6.45) is 1.40. The minimum Gasteiger partial charge on any atom is -0.379 e. The lowest BCUT2D eigenvalue weighted by atomic mass is 10.1. The first-order valence-corrected chi connectivity index (χ1v) is 12.8. The molecule has 0 bridgehead atoms. The molecular weight excluding hydrogens is 500 g/mol. The van der Waals surface area contributed by atoms with E-state index in [9.17, 15) is 14.4 Å². The minimum atomic E-state index is -0.206. The SMILES string of the molecule is CCc1ccc2nc(N(CCN3CCOCC3)C(=O)c3ccc(N4C(=O)CCC4=O)cc3)sc2c1.Cl. The number of imide groups is 1. The average molecular weight is 529 g/mol. The smallest absolute Gasteiger partial charge is 0.260 e. The Balaban J connectivity index is 0.00000304. The number of benzene rings is 2. The van der Waals surface area contributed by atoms with Crippen molar-refractivity contribution >= 4 is 62.5 Å². The molecule has 0 unspecified atom stereocenters. The molecule has 0 radical (unpaired) electrons. The van der Waals surface area contributed by atoms with Gasteiger partial charge in [-0.1, -0.05) is 24.3 Å². The second-order valence-electron chi connectivity index (χ2n) is 8.73. The lowest BCUT2D eigenvalue weighted by Gasteiger charge is -2.29. The van der Waals surface area contributed by atoms with Crippen molar-refractivity contribution in [3.63, 3.8) is 0 Å². The van der Waals surface area contributed by atoms with Crippen LogP contribution in [-0.4, -0.2) is 67.0 Å². The van der Waals surface area contributed by atoms with E-state index in [1.807, 2.05) is 6.07 Å². The molecule has 2 aromatic carbocycles. The number of amides is 3. The molecule has 8 nitrogen and oxygen atoms in total. The van der Waals surface area contributed by atoms with Gasteiger partial charge in [-0.25, -0.2) is 4.98 Å². The Morgan fingerprint density at radius 2 is 1.75 bits per heavy atom. The Morgan fingerprint density at radius 1 is 1.06 bits per heavy atom. The summed E-state index contributed by atoms with van der Waals surface area (Å²) in [4.78, 5) is 47.8. The Hall–Kier alpha value is -2.85. The predicted octanol–water partition coefficient (Wildman–Crippen LogP) is 3.91. The molecule has 190 valence electrons. The molecule has 2 aliphatic heterocycles. The molecule has 2 fully saturated rings. The molecule has 3 heterocycles. The van der Waals surface area contributed by atoms with Gasteiger partial charge >= 0.3 is 0 Å². The number of aromatic nitrogens is 1. The van der Waals surface area contributed by atoms with Crippen LogP contribution in [0, 0.1) is 0 Å². The number of halogens is 1. The number of fused-ring (bicyclic) bond motifs is 1. The van der Waals surface area contributed by atoms with Gasteiger partial charge in [-0.05, 0) is 48.4 Å². The highest BCUT2D eigenvalue weighted by atomic mass is 35.5. The molecule has 0 atom stereocenters. The lowest BCUT2D eigenvalue weighted by molar-refractivity contribution is -0.121. The van der Waals surface area contributed by atoms with Crippen LogP contribution in [0.4, 0.5) is 10.8 Å². The van der Waals surface area contributed by atoms with Crippen molar-refractivity contribution in [2.75, 3.05) is 49.2 Å². The molecule has 2 saturated heterocycles. The number of carbonyl (C=O) groups is 3. The van der Waals surface area contributed by atoms with Crippen LogP contribution < -0.4 is 9.80 Å². The van der Waals surface area contributed by atoms with E-state index in [1.165, 1.54) is 21.8 Å². The fourth-order valence-corrected chi connectivity index (χ4v) is 5.47. The van der Waals surface area contributed by atoms with E-state index in [1.54, 1.807) is 29.2 Å². The average Bonchev–Trinajstić information content (AvgIpc) is 3.46. The monoisotopic (exact) mass is 528 g/mol. The number of thiazole rings is 1. The topological polar surface area (TPSA) is 83.1 Å². The van der Waals surface area contributed by atoms with Gasteiger partial charge in [0.15, 0.2) is 5.13 Å². The summed E-state index contributed by atoms with van der Waals surface area (Å²) in [6.45, 7) is 6.43. The summed E-state index contributed by atoms with van der Waals surface area (Å²) < 4.78 is 6.51. The number of carbonyl (C=O) groups excluding carboxylic acids is 3. The first-order valence-electron chi connectivity index (χ1n) is 12.0. The number of ether oxygens (including phenoxy) is 1. The third-order valence-corrected chi connectivity index (χ3v) is 7.53. The molecule has 0 N–H and O–H groups in total. The highest BCUT2D eigenvalue weighted by Gasteiger charge is 2.30. The molecule has 0 spiro atoms. The number of aryl methyl sites for hydroxylation is 1. The second kappa shape index (κ2) is 11.5. The van der Waals surface area contributed by atoms with Crippen molar-refractivity contribution < 1.29 is 19.1 Å². The van der Waals surface area contributed by atoms with E-state index in [4.69, 9.17) is 9.72 Å². The van der Waals surface area contributed by atoms with Crippen LogP contribution in [0.1, 0.15) is 35.7 Å². The van der Waals surface area contributed by atoms with Gasteiger partial charge in [0.1, 0.15) is 0 Å². The molecule has 2 aliphatic rings. The largest absolute Gasteiger partial charge is 0.379 e. The number of hydrogen-bond acceptors (Lipinski definition) is 7. The van der Waals surface area contributed by atoms with Crippen molar-refractivity contribution in [3.05, 3.63) is 53.6 Å². The van der Waals surface area contributed by atoms with Crippen LogP contribution in [0.5, 0.6) is 0 Å². The highest BCUT2D eigenvalue weighted by Crippen LogP contribution is 2.31. The number of morpholine rings is 1. The van der Waals surface area contributed by atoms with Gasteiger partial charge in [0.25, 0.3) is 5.91 Å². The van der Waals surface area contributed by atoms with Gasteiger partial charge in [-0.15, -0.1) is 12.4 Å². The third-order valence-electron chi connectivity index (χ3n) is 6.49. The van der Waals surface area contributed by atoms with E-state index in [-0.39, 0.29) is 43.0 Å². The number of hydrogen-bond donors (Lipinski definition) is 0. The van der Waals surface area contributed by atoms with Crippen LogP contribution in [0.25, 0.3) is 10.2 Å². The van der Waals surface area contributed by atoms with Crippen LogP contribution >= 0.6 is 23.7 Å². The first kappa shape index (κ1) is 26.2. The van der Waals surface area contributed by atoms with Gasteiger partial charge in [0.2, 0.25) is 11.8 Å². The fourth-order valence-electron chi connectivity index (χ4n) is 4.42. The molecule has 5 rings (SSSR count). The number of anilines is 2. The summed E-state index contributed by atoms with van der Waals surface area (Å²) in [5.41, 5.74) is 3.11. The maximum absolute atomic E-state index is 13.7. The minimum absolute atomic E-state index is 0. The maximum Gasteiger partial charge on any atom is 0.260 e. The molecule has 10 heteroatoms. The van der Waals surface area contributed by atoms with Crippen molar-refractivity contribution in [2.24, 2.45) is 0 Å². The first-order chi connectivity index (χ1) is 17.0. The molecule has 3 amide bonds. The van der Waals surface area contributed by atoms with Gasteiger partial charge in [0.05, 0.1) is 29.1 Å². The normalized spacial score (nSPS) is 16.4. The summed E-state index contributed by atoms with van der Waals surface area (Å²) >= 11 is 1.52. The zero-order chi connectivity index (χ0) is 24.4. The summed E-state index contributed by atoms with van der Waals surface area (Å²) in [6, 6.07) is 12.9. The Labute approximate surface area is 220 Å². The quantitative estimate of drug-likeness (QED) is 0.432. The van der Waals surface area contributed by atoms with E-state index in [2.05, 4.69) is 24.0 Å². The Kier molecular flexibility index (Phi) is 8.35. The summed E-state index contributed by atoms with van der Waals surface area (Å²) in [5.74, 6) is -0.567.